The Morgan fingerprint density at radius 2 is 2.03 bits per heavy atom. The first-order valence-electron chi connectivity index (χ1n) is 9.21. The number of pyridine rings is 1. The predicted molar refractivity (Wildman–Crippen MR) is 109 cm³/mol. The van der Waals surface area contributed by atoms with Gasteiger partial charge >= 0.3 is 0 Å². The molecule has 4 rings (SSSR count). The minimum absolute atomic E-state index is 0.0721. The normalized spacial score (nSPS) is 14.2. The van der Waals surface area contributed by atoms with E-state index in [1.165, 1.54) is 0 Å². The van der Waals surface area contributed by atoms with Crippen LogP contribution in [0, 0.1) is 11.3 Å². The van der Waals surface area contributed by atoms with Crippen molar-refractivity contribution in [3.8, 4) is 23.1 Å². The summed E-state index contributed by atoms with van der Waals surface area (Å²) in [6.45, 7) is 1.37. The number of nitrogens with zero attached hydrogens (tertiary/aromatic N) is 4. The van der Waals surface area contributed by atoms with Crippen LogP contribution in [0.4, 0.5) is 11.6 Å². The molecule has 0 aliphatic carbocycles. The Balaban J connectivity index is 1.55. The van der Waals surface area contributed by atoms with Crippen molar-refractivity contribution in [1.29, 1.82) is 5.26 Å². The lowest BCUT2D eigenvalue weighted by Crippen LogP contribution is -2.26. The highest BCUT2D eigenvalue weighted by Gasteiger charge is 2.17. The second kappa shape index (κ2) is 8.86. The van der Waals surface area contributed by atoms with Crippen molar-refractivity contribution < 1.29 is 9.47 Å². The Morgan fingerprint density at radius 3 is 2.83 bits per heavy atom. The van der Waals surface area contributed by atoms with E-state index in [2.05, 4.69) is 26.3 Å². The van der Waals surface area contributed by atoms with Gasteiger partial charge in [-0.2, -0.15) is 5.26 Å². The van der Waals surface area contributed by atoms with Crippen molar-refractivity contribution in [3.05, 3.63) is 59.5 Å². The van der Waals surface area contributed by atoms with Gasteiger partial charge in [-0.05, 0) is 30.3 Å². The first kappa shape index (κ1) is 19.1. The summed E-state index contributed by atoms with van der Waals surface area (Å²) >= 11 is 5.96. The molecule has 0 saturated carbocycles. The van der Waals surface area contributed by atoms with Crippen LogP contribution >= 0.6 is 11.6 Å². The van der Waals surface area contributed by atoms with Gasteiger partial charge in [-0.1, -0.05) is 11.6 Å². The Morgan fingerprint density at radius 1 is 1.17 bits per heavy atom. The number of nitrogens with one attached hydrogen (secondary N) is 1. The third-order valence-electron chi connectivity index (χ3n) is 4.47. The molecule has 0 amide bonds. The van der Waals surface area contributed by atoms with Crippen LogP contribution in [0.3, 0.4) is 0 Å². The van der Waals surface area contributed by atoms with Crippen molar-refractivity contribution in [3.63, 3.8) is 0 Å². The third kappa shape index (κ3) is 4.80. The molecule has 1 fully saturated rings. The van der Waals surface area contributed by atoms with Crippen molar-refractivity contribution >= 4 is 23.2 Å². The number of benzene rings is 1. The molecule has 0 spiro atoms. The fourth-order valence-electron chi connectivity index (χ4n) is 3.04. The second-order valence-corrected chi connectivity index (χ2v) is 6.97. The second-order valence-electron chi connectivity index (χ2n) is 6.53. The van der Waals surface area contributed by atoms with Crippen LogP contribution in [0.25, 0.3) is 11.3 Å². The third-order valence-corrected chi connectivity index (χ3v) is 4.68. The summed E-state index contributed by atoms with van der Waals surface area (Å²) in [6.07, 6.45) is 6.57. The van der Waals surface area contributed by atoms with Crippen molar-refractivity contribution in [1.82, 2.24) is 15.0 Å². The number of rotatable bonds is 5. The Kier molecular flexibility index (Phi) is 5.84. The summed E-state index contributed by atoms with van der Waals surface area (Å²) in [4.78, 5) is 12.8. The van der Waals surface area contributed by atoms with Crippen molar-refractivity contribution in [2.75, 3.05) is 18.5 Å². The summed E-state index contributed by atoms with van der Waals surface area (Å²) in [5.41, 5.74) is 2.65. The lowest BCUT2D eigenvalue weighted by molar-refractivity contribution is 0.0254. The highest BCUT2D eigenvalue weighted by atomic mass is 35.5. The first-order chi connectivity index (χ1) is 14.2. The molecule has 1 aliphatic heterocycles. The van der Waals surface area contributed by atoms with Crippen molar-refractivity contribution in [2.45, 2.75) is 18.9 Å². The van der Waals surface area contributed by atoms with E-state index in [-0.39, 0.29) is 6.10 Å². The number of aromatic nitrogens is 3. The van der Waals surface area contributed by atoms with Gasteiger partial charge in [-0.15, -0.1) is 0 Å². The van der Waals surface area contributed by atoms with Crippen LogP contribution in [0.15, 0.2) is 48.9 Å². The molecule has 1 saturated heterocycles. The molecule has 8 heteroatoms. The van der Waals surface area contributed by atoms with Crippen LogP contribution in [0.2, 0.25) is 5.02 Å². The van der Waals surface area contributed by atoms with Gasteiger partial charge < -0.3 is 14.8 Å². The molecule has 1 N–H and O–H groups in total. The maximum absolute atomic E-state index is 9.58. The van der Waals surface area contributed by atoms with E-state index in [1.807, 2.05) is 12.1 Å². The Labute approximate surface area is 173 Å². The van der Waals surface area contributed by atoms with Gasteiger partial charge in [0.1, 0.15) is 17.9 Å². The summed E-state index contributed by atoms with van der Waals surface area (Å²) in [5, 5.41) is 13.2. The number of hydrogen-bond donors (Lipinski definition) is 1. The number of anilines is 2. The lowest BCUT2D eigenvalue weighted by Gasteiger charge is -2.23. The fourth-order valence-corrected chi connectivity index (χ4v) is 3.22. The summed E-state index contributed by atoms with van der Waals surface area (Å²) < 4.78 is 11.4. The Hall–Kier alpha value is -3.21. The van der Waals surface area contributed by atoms with Crippen LogP contribution in [-0.2, 0) is 4.74 Å². The van der Waals surface area contributed by atoms with E-state index in [4.69, 9.17) is 21.1 Å². The number of halogens is 1. The minimum Gasteiger partial charge on any atom is -0.489 e. The molecule has 0 unspecified atom stereocenters. The summed E-state index contributed by atoms with van der Waals surface area (Å²) in [5.74, 6) is 0.994. The topological polar surface area (TPSA) is 93.0 Å². The summed E-state index contributed by atoms with van der Waals surface area (Å²) in [6, 6.07) is 11.2. The number of hydrogen-bond acceptors (Lipinski definition) is 7. The van der Waals surface area contributed by atoms with Gasteiger partial charge in [0.05, 0.1) is 41.4 Å². The summed E-state index contributed by atoms with van der Waals surface area (Å²) in [7, 11) is 0. The number of nitriles is 1. The van der Waals surface area contributed by atoms with Crippen LogP contribution < -0.4 is 10.1 Å². The largest absolute Gasteiger partial charge is 0.489 e. The minimum atomic E-state index is 0.0721. The molecule has 1 aromatic carbocycles. The zero-order chi connectivity index (χ0) is 20.1. The maximum Gasteiger partial charge on any atom is 0.227 e. The van der Waals surface area contributed by atoms with E-state index >= 15 is 0 Å². The average molecular weight is 408 g/mol. The molecular weight excluding hydrogens is 390 g/mol. The van der Waals surface area contributed by atoms with Crippen LogP contribution in [0.5, 0.6) is 5.75 Å². The molecule has 29 heavy (non-hydrogen) atoms. The van der Waals surface area contributed by atoms with E-state index in [0.29, 0.717) is 46.9 Å². The molecule has 0 radical (unpaired) electrons. The Bertz CT molecular complexity index is 1050. The van der Waals surface area contributed by atoms with E-state index in [1.54, 1.807) is 36.8 Å². The lowest BCUT2D eigenvalue weighted by atomic mass is 10.1. The monoisotopic (exact) mass is 407 g/mol. The molecule has 1 aliphatic rings. The molecule has 0 bridgehead atoms. The van der Waals surface area contributed by atoms with Crippen LogP contribution in [0.1, 0.15) is 18.4 Å². The zero-order valence-corrected chi connectivity index (χ0v) is 16.3. The van der Waals surface area contributed by atoms with Crippen LogP contribution in [-0.4, -0.2) is 34.3 Å². The number of ether oxygens (including phenoxy) is 2. The van der Waals surface area contributed by atoms with E-state index in [9.17, 15) is 5.26 Å². The zero-order valence-electron chi connectivity index (χ0n) is 15.5. The molecule has 146 valence electrons. The standard InChI is InChI=1S/C21H18ClN5O2/c22-16-10-17(13-24-12-16)26-21-25-6-3-19(27-21)14-1-2-20(15(9-14)11-23)29-18-4-7-28-8-5-18/h1-3,6,9-10,12-13,18H,4-5,7-8H2,(H,25,26,27). The molecule has 3 heterocycles. The average Bonchev–Trinajstić information content (AvgIpc) is 2.75. The highest BCUT2D eigenvalue weighted by molar-refractivity contribution is 6.30. The molecular formula is C21H18ClN5O2. The van der Waals surface area contributed by atoms with Gasteiger partial charge in [0.15, 0.2) is 0 Å². The van der Waals surface area contributed by atoms with E-state index in [0.717, 1.165) is 18.4 Å². The molecule has 2 aromatic heterocycles. The fraction of sp³-hybridized carbons (Fsp3) is 0.238. The van der Waals surface area contributed by atoms with Gasteiger partial charge in [0, 0.05) is 30.8 Å². The predicted octanol–water partition coefficient (Wildman–Crippen LogP) is 4.37. The molecule has 7 nitrogen and oxygen atoms in total. The first-order valence-corrected chi connectivity index (χ1v) is 9.58. The van der Waals surface area contributed by atoms with Gasteiger partial charge in [-0.3, -0.25) is 4.98 Å². The highest BCUT2D eigenvalue weighted by Crippen LogP contribution is 2.28. The smallest absolute Gasteiger partial charge is 0.227 e. The van der Waals surface area contributed by atoms with Gasteiger partial charge in [-0.25, -0.2) is 9.97 Å². The van der Waals surface area contributed by atoms with Crippen molar-refractivity contribution in [2.24, 2.45) is 0 Å². The maximum atomic E-state index is 9.58. The van der Waals surface area contributed by atoms with E-state index < -0.39 is 0 Å². The molecule has 3 aromatic rings. The molecule has 0 atom stereocenters. The quantitative estimate of drug-likeness (QED) is 0.671. The van der Waals surface area contributed by atoms with Gasteiger partial charge in [0.25, 0.3) is 0 Å². The SMILES string of the molecule is N#Cc1cc(-c2ccnc(Nc3cncc(Cl)c3)n2)ccc1OC1CCOCC1. The van der Waals surface area contributed by atoms with Gasteiger partial charge in [0.2, 0.25) is 5.95 Å².